The zero-order valence-electron chi connectivity index (χ0n) is 10.6. The summed E-state index contributed by atoms with van der Waals surface area (Å²) in [6.07, 6.45) is 6.51. The van der Waals surface area contributed by atoms with Gasteiger partial charge in [0.1, 0.15) is 0 Å². The summed E-state index contributed by atoms with van der Waals surface area (Å²) in [6.45, 7) is 5.49. The summed E-state index contributed by atoms with van der Waals surface area (Å²) in [5.74, 6) is 0. The van der Waals surface area contributed by atoms with E-state index in [1.54, 1.807) is 11.1 Å². The van der Waals surface area contributed by atoms with Gasteiger partial charge in [0, 0.05) is 12.6 Å². The van der Waals surface area contributed by atoms with Crippen molar-refractivity contribution in [1.82, 2.24) is 5.32 Å². The molecule has 88 valence electrons. The Balaban J connectivity index is 2.00. The van der Waals surface area contributed by atoms with Crippen LogP contribution in [-0.4, -0.2) is 6.04 Å². The van der Waals surface area contributed by atoms with Gasteiger partial charge in [-0.15, -0.1) is 0 Å². The lowest BCUT2D eigenvalue weighted by molar-refractivity contribution is 0.533. The van der Waals surface area contributed by atoms with Crippen LogP contribution in [0, 0.1) is 0 Å². The van der Waals surface area contributed by atoms with Gasteiger partial charge in [0.05, 0.1) is 0 Å². The first-order valence-corrected chi connectivity index (χ1v) is 6.63. The van der Waals surface area contributed by atoms with Gasteiger partial charge in [0.15, 0.2) is 0 Å². The van der Waals surface area contributed by atoms with Crippen molar-refractivity contribution < 1.29 is 0 Å². The molecule has 0 radical (unpaired) electrons. The fourth-order valence-electron chi connectivity index (χ4n) is 2.33. The van der Waals surface area contributed by atoms with E-state index in [0.29, 0.717) is 6.04 Å². The van der Waals surface area contributed by atoms with Crippen molar-refractivity contribution in [3.8, 4) is 0 Å². The number of hydrogen-bond donors (Lipinski definition) is 1. The first kappa shape index (κ1) is 11.7. The molecule has 1 unspecified atom stereocenters. The van der Waals surface area contributed by atoms with Gasteiger partial charge in [-0.05, 0) is 55.7 Å². The molecule has 1 heteroatoms. The molecule has 0 aliphatic heterocycles. The molecule has 1 aromatic rings. The zero-order valence-corrected chi connectivity index (χ0v) is 10.6. The van der Waals surface area contributed by atoms with Crippen molar-refractivity contribution in [3.63, 3.8) is 0 Å². The second-order valence-corrected chi connectivity index (χ2v) is 5.00. The van der Waals surface area contributed by atoms with Crippen molar-refractivity contribution in [2.24, 2.45) is 0 Å². The van der Waals surface area contributed by atoms with Crippen molar-refractivity contribution >= 4 is 0 Å². The lowest BCUT2D eigenvalue weighted by Gasteiger charge is -2.17. The van der Waals surface area contributed by atoms with Crippen LogP contribution in [0.1, 0.15) is 49.8 Å². The highest BCUT2D eigenvalue weighted by Crippen LogP contribution is 2.22. The van der Waals surface area contributed by atoms with Crippen molar-refractivity contribution in [2.75, 3.05) is 0 Å². The molecule has 2 rings (SSSR count). The van der Waals surface area contributed by atoms with Gasteiger partial charge in [0.2, 0.25) is 0 Å². The maximum atomic E-state index is 3.56. The third kappa shape index (κ3) is 2.85. The van der Waals surface area contributed by atoms with Crippen molar-refractivity contribution in [1.29, 1.82) is 0 Å². The van der Waals surface area contributed by atoms with Crippen LogP contribution in [0.3, 0.4) is 0 Å². The first-order valence-electron chi connectivity index (χ1n) is 6.63. The summed E-state index contributed by atoms with van der Waals surface area (Å²) in [5, 5.41) is 3.56. The van der Waals surface area contributed by atoms with E-state index in [1.165, 1.54) is 37.7 Å². The Labute approximate surface area is 99.3 Å². The normalized spacial score (nSPS) is 16.9. The van der Waals surface area contributed by atoms with Gasteiger partial charge in [-0.1, -0.05) is 25.1 Å². The summed E-state index contributed by atoms with van der Waals surface area (Å²) in [4.78, 5) is 0. The summed E-state index contributed by atoms with van der Waals surface area (Å²) >= 11 is 0. The number of rotatable bonds is 4. The van der Waals surface area contributed by atoms with Gasteiger partial charge < -0.3 is 5.32 Å². The van der Waals surface area contributed by atoms with Crippen LogP contribution in [-0.2, 0) is 19.4 Å². The number of aryl methyl sites for hydroxylation is 2. The van der Waals surface area contributed by atoms with E-state index in [-0.39, 0.29) is 0 Å². The minimum atomic E-state index is 0.621. The molecule has 1 nitrogen and oxygen atoms in total. The molecule has 0 heterocycles. The molecule has 16 heavy (non-hydrogen) atoms. The van der Waals surface area contributed by atoms with E-state index >= 15 is 0 Å². The lowest BCUT2D eigenvalue weighted by Crippen LogP contribution is -2.24. The number of fused-ring (bicyclic) bond motifs is 1. The first-order chi connectivity index (χ1) is 7.79. The molecule has 1 aliphatic rings. The summed E-state index contributed by atoms with van der Waals surface area (Å²) in [7, 11) is 0. The quantitative estimate of drug-likeness (QED) is 0.814. The van der Waals surface area contributed by atoms with Gasteiger partial charge >= 0.3 is 0 Å². The molecule has 0 spiro atoms. The molecular formula is C15H23N. The monoisotopic (exact) mass is 217 g/mol. The topological polar surface area (TPSA) is 12.0 Å². The lowest BCUT2D eigenvalue weighted by atomic mass is 9.90. The number of nitrogens with one attached hydrogen (secondary N) is 1. The average molecular weight is 217 g/mol. The van der Waals surface area contributed by atoms with E-state index < -0.39 is 0 Å². The molecule has 0 fully saturated rings. The van der Waals surface area contributed by atoms with Crippen LogP contribution in [0.2, 0.25) is 0 Å². The standard InChI is InChI=1S/C15H23N/c1-3-12(2)16-11-13-8-9-14-6-4-5-7-15(14)10-13/h8-10,12,16H,3-7,11H2,1-2H3. The van der Waals surface area contributed by atoms with Crippen LogP contribution in [0.15, 0.2) is 18.2 Å². The van der Waals surface area contributed by atoms with Crippen LogP contribution in [0.25, 0.3) is 0 Å². The fraction of sp³-hybridized carbons (Fsp3) is 0.600. The molecule has 1 N–H and O–H groups in total. The SMILES string of the molecule is CCC(C)NCc1ccc2c(c1)CCCC2. The van der Waals surface area contributed by atoms with E-state index in [9.17, 15) is 0 Å². The molecule has 0 saturated heterocycles. The summed E-state index contributed by atoms with van der Waals surface area (Å²) < 4.78 is 0. The number of hydrogen-bond acceptors (Lipinski definition) is 1. The minimum absolute atomic E-state index is 0.621. The van der Waals surface area contributed by atoms with E-state index in [4.69, 9.17) is 0 Å². The second kappa shape index (κ2) is 5.49. The van der Waals surface area contributed by atoms with Crippen molar-refractivity contribution in [2.45, 2.75) is 58.5 Å². The Kier molecular flexibility index (Phi) is 4.00. The molecule has 1 aromatic carbocycles. The van der Waals surface area contributed by atoms with Gasteiger partial charge in [0.25, 0.3) is 0 Å². The van der Waals surface area contributed by atoms with Crippen LogP contribution >= 0.6 is 0 Å². The molecule has 1 atom stereocenters. The van der Waals surface area contributed by atoms with Crippen molar-refractivity contribution in [3.05, 3.63) is 34.9 Å². The Hall–Kier alpha value is -0.820. The average Bonchev–Trinajstić information content (AvgIpc) is 2.35. The Morgan fingerprint density at radius 3 is 2.69 bits per heavy atom. The highest BCUT2D eigenvalue weighted by molar-refractivity contribution is 5.33. The predicted octanol–water partition coefficient (Wildman–Crippen LogP) is 3.45. The van der Waals surface area contributed by atoms with E-state index in [2.05, 4.69) is 37.4 Å². The summed E-state index contributed by atoms with van der Waals surface area (Å²) in [6, 6.07) is 7.65. The molecule has 0 saturated carbocycles. The fourth-order valence-corrected chi connectivity index (χ4v) is 2.33. The van der Waals surface area contributed by atoms with Gasteiger partial charge in [-0.25, -0.2) is 0 Å². The molecule has 0 amide bonds. The molecule has 0 aromatic heterocycles. The largest absolute Gasteiger partial charge is 0.310 e. The molecular weight excluding hydrogens is 194 g/mol. The number of benzene rings is 1. The van der Waals surface area contributed by atoms with Crippen LogP contribution in [0.5, 0.6) is 0 Å². The van der Waals surface area contributed by atoms with Gasteiger partial charge in [-0.2, -0.15) is 0 Å². The van der Waals surface area contributed by atoms with Crippen LogP contribution < -0.4 is 5.32 Å². The third-order valence-corrected chi connectivity index (χ3v) is 3.68. The highest BCUT2D eigenvalue weighted by Gasteiger charge is 2.09. The Morgan fingerprint density at radius 2 is 1.94 bits per heavy atom. The van der Waals surface area contributed by atoms with E-state index in [1.807, 2.05) is 0 Å². The molecule has 1 aliphatic carbocycles. The Morgan fingerprint density at radius 1 is 1.19 bits per heavy atom. The summed E-state index contributed by atoms with van der Waals surface area (Å²) in [5.41, 5.74) is 4.62. The second-order valence-electron chi connectivity index (χ2n) is 5.00. The van der Waals surface area contributed by atoms with E-state index in [0.717, 1.165) is 6.54 Å². The Bertz CT molecular complexity index is 343. The zero-order chi connectivity index (χ0) is 11.4. The van der Waals surface area contributed by atoms with Crippen LogP contribution in [0.4, 0.5) is 0 Å². The molecule has 0 bridgehead atoms. The predicted molar refractivity (Wildman–Crippen MR) is 69.7 cm³/mol. The maximum Gasteiger partial charge on any atom is 0.0208 e. The third-order valence-electron chi connectivity index (χ3n) is 3.68. The van der Waals surface area contributed by atoms with Gasteiger partial charge in [-0.3, -0.25) is 0 Å². The maximum absolute atomic E-state index is 3.56. The highest BCUT2D eigenvalue weighted by atomic mass is 14.9. The smallest absolute Gasteiger partial charge is 0.0208 e. The minimum Gasteiger partial charge on any atom is -0.310 e.